The molecule has 190 valence electrons. The van der Waals surface area contributed by atoms with Crippen LogP contribution in [0, 0.1) is 25.6 Å². The molecule has 1 fully saturated rings. The lowest BCUT2D eigenvalue weighted by Gasteiger charge is -2.37. The molecule has 1 aromatic heterocycles. The molecule has 0 atom stereocenters. The molecule has 0 spiro atoms. The van der Waals surface area contributed by atoms with E-state index >= 15 is 0 Å². The van der Waals surface area contributed by atoms with E-state index in [4.69, 9.17) is 9.97 Å². The summed E-state index contributed by atoms with van der Waals surface area (Å²) < 4.78 is 14.2. The van der Waals surface area contributed by atoms with Crippen LogP contribution in [0.25, 0.3) is 0 Å². The summed E-state index contributed by atoms with van der Waals surface area (Å²) in [5.41, 5.74) is 4.49. The molecule has 0 aliphatic carbocycles. The molecular weight excluding hydrogens is 473 g/mol. The number of nitrogens with zero attached hydrogens (tertiary/aromatic N) is 4. The second kappa shape index (κ2) is 11.7. The number of rotatable bonds is 8. The molecule has 2 aromatic carbocycles. The number of nitrogens with one attached hydrogen (secondary N) is 1. The number of anilines is 2. The number of carbonyl (C=O) groups excluding carboxylic acids is 1. The number of carbonyl (C=O) groups is 1. The van der Waals surface area contributed by atoms with Gasteiger partial charge in [0.05, 0.1) is 5.69 Å². The van der Waals surface area contributed by atoms with Crippen LogP contribution in [0.15, 0.2) is 53.7 Å². The van der Waals surface area contributed by atoms with E-state index in [-0.39, 0.29) is 11.7 Å². The number of aromatic nitrogens is 2. The Labute approximate surface area is 217 Å². The van der Waals surface area contributed by atoms with Gasteiger partial charge in [-0.2, -0.15) is 0 Å². The van der Waals surface area contributed by atoms with Crippen molar-refractivity contribution in [1.29, 1.82) is 0 Å². The van der Waals surface area contributed by atoms with Crippen molar-refractivity contribution in [2.75, 3.05) is 42.5 Å². The van der Waals surface area contributed by atoms with Crippen molar-refractivity contribution in [2.24, 2.45) is 5.92 Å². The predicted molar refractivity (Wildman–Crippen MR) is 146 cm³/mol. The van der Waals surface area contributed by atoms with Crippen molar-refractivity contribution in [3.8, 4) is 0 Å². The van der Waals surface area contributed by atoms with Crippen molar-refractivity contribution in [3.63, 3.8) is 0 Å². The lowest BCUT2D eigenvalue weighted by Crippen LogP contribution is -2.47. The van der Waals surface area contributed by atoms with E-state index in [9.17, 15) is 9.18 Å². The number of hydrogen-bond acceptors (Lipinski definition) is 6. The molecular formula is C28H34FN5OS. The first-order chi connectivity index (χ1) is 17.3. The van der Waals surface area contributed by atoms with E-state index in [1.165, 1.54) is 6.07 Å². The summed E-state index contributed by atoms with van der Waals surface area (Å²) in [7, 11) is 0. The van der Waals surface area contributed by atoms with Crippen molar-refractivity contribution in [1.82, 2.24) is 15.3 Å². The normalized spacial score (nSPS) is 13.8. The van der Waals surface area contributed by atoms with Crippen LogP contribution in [0.3, 0.4) is 0 Å². The summed E-state index contributed by atoms with van der Waals surface area (Å²) in [5, 5.41) is 3.69. The van der Waals surface area contributed by atoms with Gasteiger partial charge in [-0.3, -0.25) is 4.79 Å². The molecule has 36 heavy (non-hydrogen) atoms. The second-order valence-electron chi connectivity index (χ2n) is 9.56. The topological polar surface area (TPSA) is 61.4 Å². The average molecular weight is 508 g/mol. The first-order valence-corrected chi connectivity index (χ1v) is 13.4. The van der Waals surface area contributed by atoms with E-state index in [2.05, 4.69) is 35.9 Å². The molecule has 1 N–H and O–H groups in total. The van der Waals surface area contributed by atoms with Gasteiger partial charge in [-0.05, 0) is 49.6 Å². The van der Waals surface area contributed by atoms with Crippen molar-refractivity contribution in [2.45, 2.75) is 38.6 Å². The molecule has 6 nitrogen and oxygen atoms in total. The lowest BCUT2D eigenvalue weighted by atomic mass is 10.1. The Kier molecular flexibility index (Phi) is 8.46. The zero-order valence-electron chi connectivity index (χ0n) is 21.4. The fourth-order valence-electron chi connectivity index (χ4n) is 4.13. The highest BCUT2D eigenvalue weighted by Gasteiger charge is 2.23. The second-order valence-corrected chi connectivity index (χ2v) is 10.5. The van der Waals surface area contributed by atoms with E-state index in [1.807, 2.05) is 43.3 Å². The highest BCUT2D eigenvalue weighted by molar-refractivity contribution is 7.98. The van der Waals surface area contributed by atoms with Gasteiger partial charge in [0.25, 0.3) is 5.91 Å². The minimum atomic E-state index is -0.178. The first kappa shape index (κ1) is 25.9. The van der Waals surface area contributed by atoms with Crippen molar-refractivity contribution >= 4 is 29.2 Å². The van der Waals surface area contributed by atoms with Crippen LogP contribution in [-0.4, -0.2) is 48.6 Å². The third-order valence-electron chi connectivity index (χ3n) is 6.37. The number of para-hydroxylation sites is 1. The predicted octanol–water partition coefficient (Wildman–Crippen LogP) is 5.24. The minimum Gasteiger partial charge on any atom is -0.366 e. The van der Waals surface area contributed by atoms with Crippen LogP contribution in [0.1, 0.15) is 41.0 Å². The molecule has 2 heterocycles. The van der Waals surface area contributed by atoms with Gasteiger partial charge in [-0.1, -0.05) is 49.9 Å². The molecule has 0 radical (unpaired) electrons. The van der Waals surface area contributed by atoms with E-state index in [1.54, 1.807) is 17.8 Å². The van der Waals surface area contributed by atoms with Crippen LogP contribution < -0.4 is 15.1 Å². The fourth-order valence-corrected chi connectivity index (χ4v) is 4.97. The number of thioether (sulfide) groups is 1. The summed E-state index contributed by atoms with van der Waals surface area (Å²) in [6.45, 7) is 11.9. The van der Waals surface area contributed by atoms with Crippen molar-refractivity contribution < 1.29 is 9.18 Å². The summed E-state index contributed by atoms with van der Waals surface area (Å²) >= 11 is 1.59. The third-order valence-corrected chi connectivity index (χ3v) is 7.29. The Morgan fingerprint density at radius 1 is 1.00 bits per heavy atom. The highest BCUT2D eigenvalue weighted by Crippen LogP contribution is 2.28. The number of piperazine rings is 1. The fraction of sp³-hybridized carbons (Fsp3) is 0.393. The van der Waals surface area contributed by atoms with Gasteiger partial charge in [0, 0.05) is 55.3 Å². The van der Waals surface area contributed by atoms with Gasteiger partial charge in [-0.25, -0.2) is 14.4 Å². The van der Waals surface area contributed by atoms with Crippen LogP contribution in [-0.2, 0) is 5.75 Å². The smallest absolute Gasteiger partial charge is 0.251 e. The third kappa shape index (κ3) is 6.35. The number of halogens is 1. The van der Waals surface area contributed by atoms with Crippen LogP contribution in [0.5, 0.6) is 0 Å². The maximum atomic E-state index is 14.2. The quantitative estimate of drug-likeness (QED) is 0.333. The van der Waals surface area contributed by atoms with Crippen LogP contribution in [0.2, 0.25) is 0 Å². The SMILES string of the molecule is Cc1nc(SCc2ccc(C(=O)NCC(C)C)cc2)nc(N2CCN(c3ccccc3F)CC2)c1C. The molecule has 1 aliphatic rings. The number of hydrogen-bond donors (Lipinski definition) is 1. The monoisotopic (exact) mass is 507 g/mol. The van der Waals surface area contributed by atoms with E-state index in [0.29, 0.717) is 23.7 Å². The molecule has 4 rings (SSSR count). The number of amides is 1. The molecule has 0 saturated carbocycles. The zero-order chi connectivity index (χ0) is 25.7. The first-order valence-electron chi connectivity index (χ1n) is 12.4. The Bertz CT molecular complexity index is 1190. The molecule has 1 saturated heterocycles. The van der Waals surface area contributed by atoms with Crippen LogP contribution in [0.4, 0.5) is 15.9 Å². The Morgan fingerprint density at radius 3 is 2.33 bits per heavy atom. The average Bonchev–Trinajstić information content (AvgIpc) is 2.88. The highest BCUT2D eigenvalue weighted by atomic mass is 32.2. The zero-order valence-corrected chi connectivity index (χ0v) is 22.2. The van der Waals surface area contributed by atoms with Gasteiger partial charge in [-0.15, -0.1) is 0 Å². The molecule has 0 bridgehead atoms. The largest absolute Gasteiger partial charge is 0.366 e. The number of benzene rings is 2. The lowest BCUT2D eigenvalue weighted by molar-refractivity contribution is 0.0949. The summed E-state index contributed by atoms with van der Waals surface area (Å²) in [6, 6.07) is 14.7. The van der Waals surface area contributed by atoms with Gasteiger partial charge in [0.2, 0.25) is 0 Å². The summed E-state index contributed by atoms with van der Waals surface area (Å²) in [4.78, 5) is 26.2. The maximum Gasteiger partial charge on any atom is 0.251 e. The Morgan fingerprint density at radius 2 is 1.67 bits per heavy atom. The van der Waals surface area contributed by atoms with Gasteiger partial charge in [0.15, 0.2) is 5.16 Å². The Balaban J connectivity index is 1.38. The summed E-state index contributed by atoms with van der Waals surface area (Å²) in [6.07, 6.45) is 0. The van der Waals surface area contributed by atoms with E-state index < -0.39 is 0 Å². The molecule has 1 amide bonds. The summed E-state index contributed by atoms with van der Waals surface area (Å²) in [5.74, 6) is 1.87. The maximum absolute atomic E-state index is 14.2. The molecule has 3 aromatic rings. The number of aryl methyl sites for hydroxylation is 1. The standard InChI is InChI=1S/C28H34FN5OS/c1-19(2)17-30-27(35)23-11-9-22(10-12-23)18-36-28-31-21(4)20(3)26(32-28)34-15-13-33(14-16-34)25-8-6-5-7-24(25)29/h5-12,19H,13-18H2,1-4H3,(H,30,35). The van der Waals surface area contributed by atoms with Crippen LogP contribution >= 0.6 is 11.8 Å². The van der Waals surface area contributed by atoms with E-state index in [0.717, 1.165) is 59.7 Å². The Hall–Kier alpha value is -3.13. The minimum absolute atomic E-state index is 0.0415. The molecule has 8 heteroatoms. The van der Waals surface area contributed by atoms with Gasteiger partial charge >= 0.3 is 0 Å². The van der Waals surface area contributed by atoms with Gasteiger partial charge < -0.3 is 15.1 Å². The molecule has 1 aliphatic heterocycles. The van der Waals surface area contributed by atoms with Crippen molar-refractivity contribution in [3.05, 3.63) is 76.7 Å². The molecule has 0 unspecified atom stereocenters. The van der Waals surface area contributed by atoms with Gasteiger partial charge in [0.1, 0.15) is 11.6 Å².